The SMILES string of the molecule is CCc1nc2ccc(Br)c(N=C=S)n2c1N=C=S. The van der Waals surface area contributed by atoms with Crippen LogP contribution >= 0.6 is 40.4 Å². The minimum Gasteiger partial charge on any atom is -0.259 e. The van der Waals surface area contributed by atoms with Crippen LogP contribution in [-0.4, -0.2) is 19.7 Å². The van der Waals surface area contributed by atoms with Crippen LogP contribution in [-0.2, 0) is 6.42 Å². The number of nitrogens with zero attached hydrogens (tertiary/aromatic N) is 4. The van der Waals surface area contributed by atoms with Gasteiger partial charge in [0.15, 0.2) is 11.6 Å². The highest BCUT2D eigenvalue weighted by Gasteiger charge is 2.14. The summed E-state index contributed by atoms with van der Waals surface area (Å²) in [5.74, 6) is 1.23. The lowest BCUT2D eigenvalue weighted by Crippen LogP contribution is -1.87. The van der Waals surface area contributed by atoms with Crippen molar-refractivity contribution in [2.24, 2.45) is 9.98 Å². The summed E-state index contributed by atoms with van der Waals surface area (Å²) in [6, 6.07) is 3.73. The van der Waals surface area contributed by atoms with Gasteiger partial charge in [-0.1, -0.05) is 6.92 Å². The van der Waals surface area contributed by atoms with Crippen molar-refractivity contribution in [3.8, 4) is 0 Å². The molecule has 18 heavy (non-hydrogen) atoms. The largest absolute Gasteiger partial charge is 0.259 e. The third-order valence-electron chi connectivity index (χ3n) is 2.39. The number of fused-ring (bicyclic) bond motifs is 1. The maximum Gasteiger partial charge on any atom is 0.172 e. The predicted octanol–water partition coefficient (Wildman–Crippen LogP) is 4.13. The summed E-state index contributed by atoms with van der Waals surface area (Å²) in [6.07, 6.45) is 0.746. The number of pyridine rings is 1. The van der Waals surface area contributed by atoms with Crippen molar-refractivity contribution in [2.45, 2.75) is 13.3 Å². The van der Waals surface area contributed by atoms with Crippen LogP contribution in [0, 0.1) is 0 Å². The molecule has 7 heteroatoms. The van der Waals surface area contributed by atoms with E-state index in [4.69, 9.17) is 0 Å². The van der Waals surface area contributed by atoms with E-state index in [1.54, 1.807) is 4.40 Å². The molecule has 0 aromatic carbocycles. The van der Waals surface area contributed by atoms with Gasteiger partial charge in [0.05, 0.1) is 20.5 Å². The first-order valence-corrected chi connectivity index (χ1v) is 6.69. The highest BCUT2D eigenvalue weighted by molar-refractivity contribution is 9.10. The molecular weight excluding hydrogens is 332 g/mol. The van der Waals surface area contributed by atoms with Gasteiger partial charge in [-0.2, -0.15) is 9.98 Å². The molecule has 2 heterocycles. The van der Waals surface area contributed by atoms with Gasteiger partial charge in [-0.15, -0.1) is 0 Å². The molecule has 0 bridgehead atoms. The molecule has 0 spiro atoms. The molecular formula is C11H7BrN4S2. The number of aromatic nitrogens is 2. The zero-order valence-electron chi connectivity index (χ0n) is 9.35. The van der Waals surface area contributed by atoms with E-state index in [-0.39, 0.29) is 0 Å². The van der Waals surface area contributed by atoms with Crippen LogP contribution in [0.5, 0.6) is 0 Å². The molecule has 2 aromatic heterocycles. The number of hydrogen-bond donors (Lipinski definition) is 0. The first-order valence-electron chi connectivity index (χ1n) is 5.08. The predicted molar refractivity (Wildman–Crippen MR) is 81.6 cm³/mol. The Morgan fingerprint density at radius 2 is 1.94 bits per heavy atom. The van der Waals surface area contributed by atoms with Crippen molar-refractivity contribution in [2.75, 3.05) is 0 Å². The van der Waals surface area contributed by atoms with Gasteiger partial charge >= 0.3 is 0 Å². The first-order chi connectivity index (χ1) is 8.72. The van der Waals surface area contributed by atoms with Gasteiger partial charge in [-0.3, -0.25) is 4.40 Å². The van der Waals surface area contributed by atoms with Crippen LogP contribution in [0.1, 0.15) is 12.6 Å². The molecule has 0 atom stereocenters. The van der Waals surface area contributed by atoms with E-state index in [0.29, 0.717) is 11.6 Å². The fourth-order valence-electron chi connectivity index (χ4n) is 1.67. The third kappa shape index (κ3) is 2.19. The summed E-state index contributed by atoms with van der Waals surface area (Å²) in [5.41, 5.74) is 1.58. The number of aryl methyl sites for hydroxylation is 1. The van der Waals surface area contributed by atoms with Crippen molar-refractivity contribution >= 4 is 68.0 Å². The number of thiocarbonyl (C=S) groups is 2. The molecule has 2 rings (SSSR count). The summed E-state index contributed by atoms with van der Waals surface area (Å²) < 4.78 is 2.56. The maximum atomic E-state index is 4.67. The molecule has 0 aliphatic heterocycles. The molecule has 90 valence electrons. The van der Waals surface area contributed by atoms with Crippen molar-refractivity contribution in [1.29, 1.82) is 0 Å². The molecule has 0 fully saturated rings. The highest BCUT2D eigenvalue weighted by atomic mass is 79.9. The molecule has 0 saturated carbocycles. The fourth-order valence-corrected chi connectivity index (χ4v) is 2.24. The van der Waals surface area contributed by atoms with Crippen molar-refractivity contribution in [1.82, 2.24) is 9.38 Å². The summed E-state index contributed by atoms with van der Waals surface area (Å²) in [6.45, 7) is 2.00. The highest BCUT2D eigenvalue weighted by Crippen LogP contribution is 2.32. The van der Waals surface area contributed by atoms with Crippen LogP contribution < -0.4 is 0 Å². The van der Waals surface area contributed by atoms with Gasteiger partial charge in [0, 0.05) is 0 Å². The molecule has 0 N–H and O–H groups in total. The van der Waals surface area contributed by atoms with Gasteiger partial charge in [-0.05, 0) is 58.9 Å². The number of imidazole rings is 1. The second-order valence-corrected chi connectivity index (χ2v) is 4.56. The Labute approximate surface area is 123 Å². The number of isothiocyanates is 2. The number of hydrogen-bond acceptors (Lipinski definition) is 5. The Morgan fingerprint density at radius 3 is 2.56 bits per heavy atom. The van der Waals surface area contributed by atoms with E-state index in [9.17, 15) is 0 Å². The zero-order chi connectivity index (χ0) is 13.1. The Morgan fingerprint density at radius 1 is 1.28 bits per heavy atom. The van der Waals surface area contributed by atoms with E-state index in [1.165, 1.54) is 0 Å². The Bertz CT molecular complexity index is 709. The summed E-state index contributed by atoms with van der Waals surface area (Å²) in [7, 11) is 0. The van der Waals surface area contributed by atoms with Gasteiger partial charge in [0.2, 0.25) is 0 Å². The summed E-state index contributed by atoms with van der Waals surface area (Å²) in [5, 5.41) is 4.73. The van der Waals surface area contributed by atoms with E-state index in [1.807, 2.05) is 19.1 Å². The second kappa shape index (κ2) is 5.61. The molecule has 0 aliphatic rings. The second-order valence-electron chi connectivity index (χ2n) is 3.34. The Balaban J connectivity index is 2.97. The van der Waals surface area contributed by atoms with Crippen LogP contribution in [0.2, 0.25) is 0 Å². The summed E-state index contributed by atoms with van der Waals surface area (Å²) >= 11 is 12.8. The van der Waals surface area contributed by atoms with E-state index in [0.717, 1.165) is 22.2 Å². The molecule has 0 unspecified atom stereocenters. The van der Waals surface area contributed by atoms with Crippen molar-refractivity contribution in [3.63, 3.8) is 0 Å². The van der Waals surface area contributed by atoms with Gasteiger partial charge in [0.25, 0.3) is 0 Å². The number of rotatable bonds is 3. The topological polar surface area (TPSA) is 42.0 Å². The Kier molecular flexibility index (Phi) is 4.11. The first kappa shape index (κ1) is 13.2. The molecule has 2 aromatic rings. The van der Waals surface area contributed by atoms with E-state index in [2.05, 4.69) is 65.7 Å². The quantitative estimate of drug-likeness (QED) is 0.624. The Hall–Kier alpha value is -1.23. The lowest BCUT2D eigenvalue weighted by atomic mass is 10.3. The lowest BCUT2D eigenvalue weighted by Gasteiger charge is -2.02. The lowest BCUT2D eigenvalue weighted by molar-refractivity contribution is 1.06. The van der Waals surface area contributed by atoms with Gasteiger partial charge in [0.1, 0.15) is 5.65 Å². The molecule has 0 aliphatic carbocycles. The number of aliphatic imine (C=N–C) groups is 2. The summed E-state index contributed by atoms with van der Waals surface area (Å²) in [4.78, 5) is 12.6. The maximum absolute atomic E-state index is 4.67. The molecule has 0 radical (unpaired) electrons. The smallest absolute Gasteiger partial charge is 0.172 e. The van der Waals surface area contributed by atoms with Crippen molar-refractivity contribution in [3.05, 3.63) is 22.3 Å². The van der Waals surface area contributed by atoms with E-state index < -0.39 is 0 Å². The van der Waals surface area contributed by atoms with Crippen LogP contribution in [0.15, 0.2) is 26.6 Å². The van der Waals surface area contributed by atoms with Crippen molar-refractivity contribution < 1.29 is 0 Å². The third-order valence-corrected chi connectivity index (χ3v) is 3.19. The van der Waals surface area contributed by atoms with E-state index >= 15 is 0 Å². The standard InChI is InChI=1S/C11H7BrN4S2/c1-2-8-11(14-6-18)16-9(15-8)4-3-7(12)10(16)13-5-17/h3-4H,2H2,1H3. The molecule has 0 saturated heterocycles. The average Bonchev–Trinajstić information content (AvgIpc) is 2.72. The van der Waals surface area contributed by atoms with Gasteiger partial charge < -0.3 is 0 Å². The van der Waals surface area contributed by atoms with Gasteiger partial charge in [-0.25, -0.2) is 4.98 Å². The average molecular weight is 339 g/mol. The molecule has 4 nitrogen and oxygen atoms in total. The monoisotopic (exact) mass is 338 g/mol. The minimum atomic E-state index is 0.596. The van der Waals surface area contributed by atoms with Crippen LogP contribution in [0.3, 0.4) is 0 Å². The normalized spacial score (nSPS) is 9.89. The van der Waals surface area contributed by atoms with Crippen LogP contribution in [0.25, 0.3) is 5.65 Å². The zero-order valence-corrected chi connectivity index (χ0v) is 12.6. The van der Waals surface area contributed by atoms with Crippen LogP contribution in [0.4, 0.5) is 11.6 Å². The number of halogens is 1. The molecule has 0 amide bonds. The minimum absolute atomic E-state index is 0.596. The fraction of sp³-hybridized carbons (Fsp3) is 0.182.